The van der Waals surface area contributed by atoms with Crippen LogP contribution in [0.4, 0.5) is 0 Å². The van der Waals surface area contributed by atoms with Gasteiger partial charge in [0.1, 0.15) is 10.0 Å². The van der Waals surface area contributed by atoms with E-state index in [1.54, 1.807) is 0 Å². The molecule has 0 saturated heterocycles. The first-order valence-corrected chi connectivity index (χ1v) is 8.12. The van der Waals surface area contributed by atoms with E-state index < -0.39 is 15.6 Å². The third kappa shape index (κ3) is 3.26. The average molecular weight is 395 g/mol. The number of nitrogens with zero attached hydrogens (tertiary/aromatic N) is 1. The predicted molar refractivity (Wildman–Crippen MR) is 80.9 cm³/mol. The number of methoxy groups -OCH3 is 1. The Hall–Kier alpha value is -1.42. The highest BCUT2D eigenvalue weighted by molar-refractivity contribution is 9.10. The zero-order valence-corrected chi connectivity index (χ0v) is 13.7. The smallest absolute Gasteiger partial charge is 0.258 e. The molecule has 2 rings (SSSR count). The van der Waals surface area contributed by atoms with E-state index in [9.17, 15) is 13.2 Å². The van der Waals surface area contributed by atoms with Crippen LogP contribution in [0, 0.1) is 0 Å². The molecule has 0 saturated carbocycles. The van der Waals surface area contributed by atoms with E-state index in [0.717, 1.165) is 0 Å². The Morgan fingerprint density at radius 1 is 1.43 bits per heavy atom. The van der Waals surface area contributed by atoms with Gasteiger partial charge in [0.25, 0.3) is 5.56 Å². The number of sulfonamides is 1. The van der Waals surface area contributed by atoms with Crippen molar-refractivity contribution in [2.45, 2.75) is 4.90 Å². The minimum atomic E-state index is -4.09. The number of nitrogens with one attached hydrogen (secondary N) is 1. The first kappa shape index (κ1) is 16.0. The number of aromatic amines is 1. The number of ether oxygens (including phenoxy) is 1. The number of nitrogens with two attached hydrogens (primary N) is 1. The molecule has 10 heteroatoms. The molecule has 0 spiro atoms. The second-order valence-electron chi connectivity index (χ2n) is 3.92. The maximum absolute atomic E-state index is 11.9. The van der Waals surface area contributed by atoms with Crippen LogP contribution in [-0.2, 0) is 10.0 Å². The SMILES string of the molecule is COc1nc(-c2ccc(Cl)[nH]c2=O)c(S(N)(=O)=O)cc1Br. The third-order valence-corrected chi connectivity index (χ3v) is 4.25. The Kier molecular flexibility index (Phi) is 4.38. The summed E-state index contributed by atoms with van der Waals surface area (Å²) in [7, 11) is -2.73. The molecule has 0 fully saturated rings. The van der Waals surface area contributed by atoms with Crippen LogP contribution in [0.2, 0.25) is 5.15 Å². The van der Waals surface area contributed by atoms with Crippen molar-refractivity contribution in [1.29, 1.82) is 0 Å². The molecule has 2 aromatic heterocycles. The van der Waals surface area contributed by atoms with Crippen molar-refractivity contribution in [2.24, 2.45) is 5.14 Å². The Bertz CT molecular complexity index is 866. The molecule has 7 nitrogen and oxygen atoms in total. The van der Waals surface area contributed by atoms with Gasteiger partial charge in [-0.05, 0) is 34.1 Å². The second kappa shape index (κ2) is 5.76. The van der Waals surface area contributed by atoms with Gasteiger partial charge in [-0.2, -0.15) is 0 Å². The molecule has 2 heterocycles. The van der Waals surface area contributed by atoms with E-state index in [1.807, 2.05) is 0 Å². The summed E-state index contributed by atoms with van der Waals surface area (Å²) in [6.07, 6.45) is 0. The van der Waals surface area contributed by atoms with E-state index in [4.69, 9.17) is 21.5 Å². The lowest BCUT2D eigenvalue weighted by Gasteiger charge is -2.10. The van der Waals surface area contributed by atoms with Gasteiger partial charge in [-0.1, -0.05) is 11.6 Å². The maximum atomic E-state index is 11.9. The molecular formula is C11H9BrClN3O4S. The fourth-order valence-corrected chi connectivity index (χ4v) is 3.13. The van der Waals surface area contributed by atoms with Crippen LogP contribution in [0.15, 0.2) is 32.4 Å². The monoisotopic (exact) mass is 393 g/mol. The fraction of sp³-hybridized carbons (Fsp3) is 0.0909. The van der Waals surface area contributed by atoms with Gasteiger partial charge < -0.3 is 9.72 Å². The Morgan fingerprint density at radius 2 is 2.10 bits per heavy atom. The number of hydrogen-bond acceptors (Lipinski definition) is 5. The lowest BCUT2D eigenvalue weighted by molar-refractivity contribution is 0.395. The van der Waals surface area contributed by atoms with Gasteiger partial charge >= 0.3 is 0 Å². The Balaban J connectivity index is 2.86. The van der Waals surface area contributed by atoms with E-state index in [-0.39, 0.29) is 27.2 Å². The highest BCUT2D eigenvalue weighted by atomic mass is 79.9. The van der Waals surface area contributed by atoms with Gasteiger partial charge in [0.2, 0.25) is 15.9 Å². The quantitative estimate of drug-likeness (QED) is 0.766. The summed E-state index contributed by atoms with van der Waals surface area (Å²) in [6, 6.07) is 3.98. The molecule has 0 radical (unpaired) electrons. The van der Waals surface area contributed by atoms with E-state index >= 15 is 0 Å². The van der Waals surface area contributed by atoms with Gasteiger partial charge in [-0.15, -0.1) is 0 Å². The molecule has 0 atom stereocenters. The van der Waals surface area contributed by atoms with Crippen LogP contribution in [0.1, 0.15) is 0 Å². The van der Waals surface area contributed by atoms with E-state index in [1.165, 1.54) is 25.3 Å². The van der Waals surface area contributed by atoms with Crippen LogP contribution >= 0.6 is 27.5 Å². The summed E-state index contributed by atoms with van der Waals surface area (Å²) in [5.41, 5.74) is -0.700. The van der Waals surface area contributed by atoms with Gasteiger partial charge in [0.05, 0.1) is 22.8 Å². The lowest BCUT2D eigenvalue weighted by Crippen LogP contribution is -2.17. The minimum Gasteiger partial charge on any atom is -0.480 e. The summed E-state index contributed by atoms with van der Waals surface area (Å²) < 4.78 is 28.7. The lowest BCUT2D eigenvalue weighted by atomic mass is 10.2. The number of halogens is 2. The third-order valence-electron chi connectivity index (χ3n) is 2.54. The first-order chi connectivity index (χ1) is 9.74. The topological polar surface area (TPSA) is 115 Å². The van der Waals surface area contributed by atoms with Gasteiger partial charge in [-0.3, -0.25) is 4.79 Å². The molecule has 21 heavy (non-hydrogen) atoms. The van der Waals surface area contributed by atoms with Crippen molar-refractivity contribution < 1.29 is 13.2 Å². The molecule has 112 valence electrons. The molecule has 0 bridgehead atoms. The van der Waals surface area contributed by atoms with Gasteiger partial charge in [0.15, 0.2) is 0 Å². The predicted octanol–water partition coefficient (Wildman–Crippen LogP) is 1.51. The molecule has 0 aliphatic heterocycles. The minimum absolute atomic E-state index is 0.00854. The molecular weight excluding hydrogens is 386 g/mol. The number of H-pyrrole nitrogens is 1. The number of pyridine rings is 2. The average Bonchev–Trinajstić information content (AvgIpc) is 2.38. The normalized spacial score (nSPS) is 11.4. The largest absolute Gasteiger partial charge is 0.480 e. The molecule has 0 amide bonds. The van der Waals surface area contributed by atoms with Crippen LogP contribution in [0.5, 0.6) is 5.88 Å². The van der Waals surface area contributed by atoms with Crippen LogP contribution in [-0.4, -0.2) is 25.5 Å². The zero-order chi connectivity index (χ0) is 15.8. The maximum Gasteiger partial charge on any atom is 0.258 e. The second-order valence-corrected chi connectivity index (χ2v) is 6.71. The number of hydrogen-bond donors (Lipinski definition) is 2. The van der Waals surface area contributed by atoms with Gasteiger partial charge in [0, 0.05) is 0 Å². The fourth-order valence-electron chi connectivity index (χ4n) is 1.64. The molecule has 0 aliphatic carbocycles. The van der Waals surface area contributed by atoms with Crippen molar-refractivity contribution in [3.8, 4) is 17.1 Å². The summed E-state index contributed by atoms with van der Waals surface area (Å²) in [4.78, 5) is 18.0. The zero-order valence-electron chi connectivity index (χ0n) is 10.6. The van der Waals surface area contributed by atoms with Crippen molar-refractivity contribution in [3.63, 3.8) is 0 Å². The molecule has 2 aromatic rings. The van der Waals surface area contributed by atoms with Crippen molar-refractivity contribution >= 4 is 37.6 Å². The van der Waals surface area contributed by atoms with Crippen LogP contribution < -0.4 is 15.4 Å². The summed E-state index contributed by atoms with van der Waals surface area (Å²) in [5.74, 6) is 0.117. The summed E-state index contributed by atoms with van der Waals surface area (Å²) >= 11 is 8.79. The summed E-state index contributed by atoms with van der Waals surface area (Å²) in [6.45, 7) is 0. The van der Waals surface area contributed by atoms with Crippen molar-refractivity contribution in [2.75, 3.05) is 7.11 Å². The molecule has 3 N–H and O–H groups in total. The highest BCUT2D eigenvalue weighted by Gasteiger charge is 2.22. The first-order valence-electron chi connectivity index (χ1n) is 5.40. The van der Waals surface area contributed by atoms with Crippen LogP contribution in [0.3, 0.4) is 0 Å². The van der Waals surface area contributed by atoms with Gasteiger partial charge in [-0.25, -0.2) is 18.5 Å². The Morgan fingerprint density at radius 3 is 2.62 bits per heavy atom. The molecule has 0 aliphatic rings. The van der Waals surface area contributed by atoms with E-state index in [0.29, 0.717) is 4.47 Å². The number of primary sulfonamides is 1. The number of aromatic nitrogens is 2. The summed E-state index contributed by atoms with van der Waals surface area (Å²) in [5, 5.41) is 5.28. The molecule has 0 unspecified atom stereocenters. The van der Waals surface area contributed by atoms with Crippen molar-refractivity contribution in [3.05, 3.63) is 38.2 Å². The highest BCUT2D eigenvalue weighted by Crippen LogP contribution is 2.31. The Labute approximate surface area is 133 Å². The van der Waals surface area contributed by atoms with Crippen LogP contribution in [0.25, 0.3) is 11.3 Å². The van der Waals surface area contributed by atoms with E-state index in [2.05, 4.69) is 25.9 Å². The molecule has 0 aromatic carbocycles. The standard InChI is InChI=1S/C11H9BrClN3O4S/c1-20-11-6(12)4-7(21(14,18)19)9(16-11)5-2-3-8(13)15-10(5)17/h2-4H,1H3,(H,15,17)(H2,14,18,19). The van der Waals surface area contributed by atoms with Crippen molar-refractivity contribution in [1.82, 2.24) is 9.97 Å². The number of rotatable bonds is 3.